The van der Waals surface area contributed by atoms with Gasteiger partial charge in [-0.2, -0.15) is 0 Å². The number of hydrogen-bond donors (Lipinski definition) is 1. The fraction of sp³-hybridized carbons (Fsp3) is 0.267. The average molecular weight is 293 g/mol. The van der Waals surface area contributed by atoms with Crippen molar-refractivity contribution in [1.82, 2.24) is 4.90 Å². The van der Waals surface area contributed by atoms with Crippen molar-refractivity contribution < 1.29 is 23.1 Å². The number of halogens is 2. The van der Waals surface area contributed by atoms with E-state index in [9.17, 15) is 13.6 Å². The van der Waals surface area contributed by atoms with E-state index in [0.717, 1.165) is 11.1 Å². The Balaban J connectivity index is 1.81. The lowest BCUT2D eigenvalue weighted by Gasteiger charge is -2.21. The van der Waals surface area contributed by atoms with Crippen molar-refractivity contribution in [2.24, 2.45) is 0 Å². The maximum absolute atomic E-state index is 13.2. The van der Waals surface area contributed by atoms with Crippen LogP contribution < -0.4 is 0 Å². The predicted molar refractivity (Wildman–Crippen MR) is 69.7 cm³/mol. The van der Waals surface area contributed by atoms with Gasteiger partial charge in [0, 0.05) is 13.1 Å². The Hall–Kier alpha value is -2.21. The van der Waals surface area contributed by atoms with Crippen LogP contribution in [0.1, 0.15) is 40.4 Å². The van der Waals surface area contributed by atoms with Crippen molar-refractivity contribution in [3.63, 3.8) is 0 Å². The molecule has 21 heavy (non-hydrogen) atoms. The van der Waals surface area contributed by atoms with Gasteiger partial charge in [-0.1, -0.05) is 0 Å². The van der Waals surface area contributed by atoms with Crippen LogP contribution in [0.15, 0.2) is 28.7 Å². The second kappa shape index (κ2) is 4.96. The first-order valence-corrected chi connectivity index (χ1v) is 6.49. The molecule has 1 aliphatic heterocycles. The molecule has 1 aromatic heterocycles. The van der Waals surface area contributed by atoms with Crippen LogP contribution in [0.4, 0.5) is 8.78 Å². The van der Waals surface area contributed by atoms with E-state index in [2.05, 4.69) is 0 Å². The maximum Gasteiger partial charge on any atom is 0.371 e. The molecular formula is C15H13F2NO3. The second-order valence-electron chi connectivity index (χ2n) is 5.12. The van der Waals surface area contributed by atoms with Gasteiger partial charge in [-0.25, -0.2) is 13.6 Å². The summed E-state index contributed by atoms with van der Waals surface area (Å²) >= 11 is 0. The first-order chi connectivity index (χ1) is 9.95. The highest BCUT2D eigenvalue weighted by Gasteiger charge is 2.27. The highest BCUT2D eigenvalue weighted by Crippen LogP contribution is 2.32. The molecule has 0 radical (unpaired) electrons. The molecule has 2 aromatic rings. The smallest absolute Gasteiger partial charge is 0.371 e. The number of fused-ring (bicyclic) bond motifs is 1. The predicted octanol–water partition coefficient (Wildman–Crippen LogP) is 3.33. The van der Waals surface area contributed by atoms with E-state index >= 15 is 0 Å². The summed E-state index contributed by atoms with van der Waals surface area (Å²) in [5.74, 6) is -2.43. The number of carboxylic acid groups (broad SMARTS) is 1. The second-order valence-corrected chi connectivity index (χ2v) is 5.12. The van der Waals surface area contributed by atoms with Crippen molar-refractivity contribution in [3.8, 4) is 0 Å². The third-order valence-electron chi connectivity index (χ3n) is 3.79. The third kappa shape index (κ3) is 2.42. The van der Waals surface area contributed by atoms with E-state index in [-0.39, 0.29) is 11.8 Å². The lowest BCUT2D eigenvalue weighted by atomic mass is 10.1. The Morgan fingerprint density at radius 2 is 1.81 bits per heavy atom. The number of furan rings is 1. The van der Waals surface area contributed by atoms with E-state index in [1.165, 1.54) is 18.2 Å². The summed E-state index contributed by atoms with van der Waals surface area (Å²) in [4.78, 5) is 12.8. The quantitative estimate of drug-likeness (QED) is 0.943. The SMILES string of the molecule is CC(c1ccc(C(=O)O)o1)N1Cc2cc(F)c(F)cc2C1. The van der Waals surface area contributed by atoms with Gasteiger partial charge in [0.25, 0.3) is 0 Å². The molecule has 1 unspecified atom stereocenters. The van der Waals surface area contributed by atoms with Crippen LogP contribution in [0.2, 0.25) is 0 Å². The molecule has 0 saturated heterocycles. The maximum atomic E-state index is 13.2. The fourth-order valence-electron chi connectivity index (χ4n) is 2.56. The number of carboxylic acids is 1. The lowest BCUT2D eigenvalue weighted by Crippen LogP contribution is -2.20. The summed E-state index contributed by atoms with van der Waals surface area (Å²) in [5.41, 5.74) is 1.48. The average Bonchev–Trinajstić information content (AvgIpc) is 3.05. The van der Waals surface area contributed by atoms with Crippen LogP contribution in [0.3, 0.4) is 0 Å². The third-order valence-corrected chi connectivity index (χ3v) is 3.79. The summed E-state index contributed by atoms with van der Waals surface area (Å²) < 4.78 is 31.8. The molecule has 0 bridgehead atoms. The molecule has 2 heterocycles. The Morgan fingerprint density at radius 3 is 2.29 bits per heavy atom. The molecule has 110 valence electrons. The number of hydrogen-bond acceptors (Lipinski definition) is 3. The number of aromatic carboxylic acids is 1. The Labute approximate surface area is 119 Å². The summed E-state index contributed by atoms with van der Waals surface area (Å²) in [6.45, 7) is 2.80. The number of nitrogens with zero attached hydrogens (tertiary/aromatic N) is 1. The van der Waals surface area contributed by atoms with Crippen LogP contribution in [0.5, 0.6) is 0 Å². The Bertz CT molecular complexity index is 680. The van der Waals surface area contributed by atoms with Crippen LogP contribution in [-0.4, -0.2) is 16.0 Å². The van der Waals surface area contributed by atoms with Crippen LogP contribution >= 0.6 is 0 Å². The van der Waals surface area contributed by atoms with Crippen molar-refractivity contribution in [2.75, 3.05) is 0 Å². The summed E-state index contributed by atoms with van der Waals surface area (Å²) in [5, 5.41) is 8.86. The Morgan fingerprint density at radius 1 is 1.24 bits per heavy atom. The van der Waals surface area contributed by atoms with Gasteiger partial charge in [-0.05, 0) is 42.3 Å². The first-order valence-electron chi connectivity index (χ1n) is 6.49. The molecule has 0 saturated carbocycles. The van der Waals surface area contributed by atoms with Crippen LogP contribution in [-0.2, 0) is 13.1 Å². The van der Waals surface area contributed by atoms with Crippen molar-refractivity contribution in [3.05, 3.63) is 58.5 Å². The molecule has 0 fully saturated rings. The zero-order valence-corrected chi connectivity index (χ0v) is 11.3. The molecule has 4 nitrogen and oxygen atoms in total. The zero-order chi connectivity index (χ0) is 15.1. The van der Waals surface area contributed by atoms with Gasteiger partial charge < -0.3 is 9.52 Å². The first kappa shape index (κ1) is 13.8. The minimum absolute atomic E-state index is 0.120. The monoisotopic (exact) mass is 293 g/mol. The van der Waals surface area contributed by atoms with Crippen LogP contribution in [0, 0.1) is 11.6 Å². The van der Waals surface area contributed by atoms with Gasteiger partial charge in [-0.3, -0.25) is 4.90 Å². The van der Waals surface area contributed by atoms with E-state index in [1.54, 1.807) is 6.07 Å². The van der Waals surface area contributed by atoms with Gasteiger partial charge in [0.2, 0.25) is 5.76 Å². The molecule has 1 aliphatic rings. The standard InChI is InChI=1S/C15H13F2NO3/c1-8(13-2-3-14(21-13)15(19)20)18-6-9-4-11(16)12(17)5-10(9)7-18/h2-5,8H,6-7H2,1H3,(H,19,20). The summed E-state index contributed by atoms with van der Waals surface area (Å²) in [6, 6.07) is 5.25. The van der Waals surface area contributed by atoms with Gasteiger partial charge in [0.05, 0.1) is 6.04 Å². The fourth-order valence-corrected chi connectivity index (χ4v) is 2.56. The molecule has 0 aliphatic carbocycles. The van der Waals surface area contributed by atoms with Crippen molar-refractivity contribution >= 4 is 5.97 Å². The van der Waals surface area contributed by atoms with E-state index in [4.69, 9.17) is 9.52 Å². The lowest BCUT2D eigenvalue weighted by molar-refractivity contribution is 0.0655. The van der Waals surface area contributed by atoms with E-state index in [0.29, 0.717) is 18.8 Å². The van der Waals surface area contributed by atoms with Crippen molar-refractivity contribution in [2.45, 2.75) is 26.1 Å². The largest absolute Gasteiger partial charge is 0.475 e. The normalized spacial score (nSPS) is 16.0. The van der Waals surface area contributed by atoms with E-state index in [1.807, 2.05) is 11.8 Å². The van der Waals surface area contributed by atoms with Crippen LogP contribution in [0.25, 0.3) is 0 Å². The molecule has 0 spiro atoms. The van der Waals surface area contributed by atoms with E-state index < -0.39 is 17.6 Å². The molecule has 1 atom stereocenters. The number of rotatable bonds is 3. The molecule has 0 amide bonds. The highest BCUT2D eigenvalue weighted by molar-refractivity contribution is 5.84. The topological polar surface area (TPSA) is 53.7 Å². The zero-order valence-electron chi connectivity index (χ0n) is 11.3. The van der Waals surface area contributed by atoms with Gasteiger partial charge in [0.15, 0.2) is 11.6 Å². The molecule has 1 N–H and O–H groups in total. The molecule has 3 rings (SSSR count). The molecule has 1 aromatic carbocycles. The minimum atomic E-state index is -1.12. The Kier molecular flexibility index (Phi) is 3.25. The van der Waals surface area contributed by atoms with Gasteiger partial charge in [-0.15, -0.1) is 0 Å². The summed E-state index contributed by atoms with van der Waals surface area (Å²) in [7, 11) is 0. The summed E-state index contributed by atoms with van der Waals surface area (Å²) in [6.07, 6.45) is 0. The van der Waals surface area contributed by atoms with Crippen molar-refractivity contribution in [1.29, 1.82) is 0 Å². The highest BCUT2D eigenvalue weighted by atomic mass is 19.2. The van der Waals surface area contributed by atoms with Gasteiger partial charge in [0.1, 0.15) is 5.76 Å². The minimum Gasteiger partial charge on any atom is -0.475 e. The number of carbonyl (C=O) groups is 1. The van der Waals surface area contributed by atoms with Gasteiger partial charge >= 0.3 is 5.97 Å². The molecular weight excluding hydrogens is 280 g/mol. The molecule has 6 heteroatoms. The number of benzene rings is 1.